The quantitative estimate of drug-likeness (QED) is 0.679. The van der Waals surface area contributed by atoms with Crippen LogP contribution in [-0.4, -0.2) is 18.5 Å². The Labute approximate surface area is 116 Å². The lowest BCUT2D eigenvalue weighted by atomic mass is 9.47. The topological polar surface area (TPSA) is 3.24 Å². The maximum Gasteiger partial charge on any atom is 0.0381 e. The Morgan fingerprint density at radius 1 is 0.895 bits per heavy atom. The second-order valence-corrected chi connectivity index (χ2v) is 7.45. The van der Waals surface area contributed by atoms with Crippen LogP contribution in [0.2, 0.25) is 0 Å². The first-order valence-corrected chi connectivity index (χ1v) is 8.13. The molecule has 0 spiro atoms. The molecule has 4 bridgehead atoms. The van der Waals surface area contributed by atoms with E-state index in [4.69, 9.17) is 0 Å². The normalized spacial score (nSPS) is 47.0. The molecule has 1 heteroatoms. The largest absolute Gasteiger partial charge is 0.298 e. The highest BCUT2D eigenvalue weighted by molar-refractivity contribution is 5.41. The fourth-order valence-electron chi connectivity index (χ4n) is 6.32. The monoisotopic (exact) mass is 253 g/mol. The van der Waals surface area contributed by atoms with Crippen molar-refractivity contribution in [3.05, 3.63) is 35.4 Å². The number of fused-ring (bicyclic) bond motifs is 3. The molecule has 6 aliphatic rings. The van der Waals surface area contributed by atoms with Gasteiger partial charge in [0.1, 0.15) is 0 Å². The molecule has 7 rings (SSSR count). The molecule has 0 unspecified atom stereocenters. The molecular formula is C18H23N. The molecule has 0 aromatic heterocycles. The van der Waals surface area contributed by atoms with Crippen molar-refractivity contribution < 1.29 is 0 Å². The van der Waals surface area contributed by atoms with Crippen molar-refractivity contribution >= 4 is 0 Å². The first kappa shape index (κ1) is 10.9. The average molecular weight is 253 g/mol. The van der Waals surface area contributed by atoms with E-state index in [0.29, 0.717) is 0 Å². The molecule has 0 amide bonds. The molecule has 1 aromatic rings. The molecule has 1 saturated heterocycles. The lowest BCUT2D eigenvalue weighted by Crippen LogP contribution is -2.58. The predicted octanol–water partition coefficient (Wildman–Crippen LogP) is 3.82. The number of nitrogens with zero attached hydrogens (tertiary/aromatic N) is 1. The van der Waals surface area contributed by atoms with Gasteiger partial charge in [-0.15, -0.1) is 0 Å². The Morgan fingerprint density at radius 2 is 1.53 bits per heavy atom. The highest BCUT2D eigenvalue weighted by atomic mass is 15.2. The maximum absolute atomic E-state index is 2.68. The number of hydrogen-bond acceptors (Lipinski definition) is 1. The molecule has 3 saturated carbocycles. The summed E-state index contributed by atoms with van der Waals surface area (Å²) in [6.45, 7) is 1.31. The van der Waals surface area contributed by atoms with E-state index in [-0.39, 0.29) is 0 Å². The molecule has 4 aliphatic carbocycles. The van der Waals surface area contributed by atoms with Crippen LogP contribution in [0.3, 0.4) is 0 Å². The van der Waals surface area contributed by atoms with E-state index < -0.39 is 0 Å². The number of benzene rings is 1. The Morgan fingerprint density at radius 3 is 2.26 bits per heavy atom. The summed E-state index contributed by atoms with van der Waals surface area (Å²) < 4.78 is 0. The van der Waals surface area contributed by atoms with Gasteiger partial charge in [0.2, 0.25) is 0 Å². The van der Waals surface area contributed by atoms with Crippen molar-refractivity contribution in [2.24, 2.45) is 23.7 Å². The fourth-order valence-corrected chi connectivity index (χ4v) is 6.32. The molecule has 4 atom stereocenters. The van der Waals surface area contributed by atoms with E-state index in [9.17, 15) is 0 Å². The molecular weight excluding hydrogens is 230 g/mol. The predicted molar refractivity (Wildman–Crippen MR) is 77.0 cm³/mol. The van der Waals surface area contributed by atoms with Crippen LogP contribution in [0.1, 0.15) is 48.8 Å². The van der Waals surface area contributed by atoms with Crippen LogP contribution in [0.4, 0.5) is 0 Å². The van der Waals surface area contributed by atoms with E-state index in [1.165, 1.54) is 32.2 Å². The van der Waals surface area contributed by atoms with Crippen LogP contribution < -0.4 is 0 Å². The van der Waals surface area contributed by atoms with Crippen molar-refractivity contribution in [2.75, 3.05) is 13.6 Å². The number of piperidine rings is 1. The van der Waals surface area contributed by atoms with E-state index in [1.54, 1.807) is 11.1 Å². The number of rotatable bonds is 0. The standard InChI is InChI=1S/C18H23N/c1-19-10-15-13-4-2-3-5-14(13)18(19)17-12-8-6-11(7-9-12)16(15)17/h2-5,11-12,15-18H,6-10H2,1H3/t11?,12?,15-,16-,17-,18+/m1/s1. The summed E-state index contributed by atoms with van der Waals surface area (Å²) in [5.74, 6) is 4.90. The lowest BCUT2D eigenvalue weighted by Gasteiger charge is -2.63. The van der Waals surface area contributed by atoms with Gasteiger partial charge >= 0.3 is 0 Å². The van der Waals surface area contributed by atoms with E-state index >= 15 is 0 Å². The zero-order valence-corrected chi connectivity index (χ0v) is 11.8. The van der Waals surface area contributed by atoms with Gasteiger partial charge in [0.15, 0.2) is 0 Å². The van der Waals surface area contributed by atoms with Gasteiger partial charge in [-0.05, 0) is 67.5 Å². The smallest absolute Gasteiger partial charge is 0.0381 e. The Hall–Kier alpha value is -0.820. The van der Waals surface area contributed by atoms with Gasteiger partial charge in [-0.3, -0.25) is 4.90 Å². The third kappa shape index (κ3) is 1.25. The van der Waals surface area contributed by atoms with Gasteiger partial charge in [0, 0.05) is 18.5 Å². The molecule has 100 valence electrons. The Bertz CT molecular complexity index is 514. The molecule has 1 nitrogen and oxygen atoms in total. The minimum absolute atomic E-state index is 0.735. The molecule has 2 heterocycles. The van der Waals surface area contributed by atoms with E-state index in [1.807, 2.05) is 0 Å². The summed E-state index contributed by atoms with van der Waals surface area (Å²) in [7, 11) is 2.37. The summed E-state index contributed by atoms with van der Waals surface area (Å²) in [6.07, 6.45) is 6.10. The van der Waals surface area contributed by atoms with E-state index in [0.717, 1.165) is 35.6 Å². The summed E-state index contributed by atoms with van der Waals surface area (Å²) in [5.41, 5.74) is 3.38. The van der Waals surface area contributed by atoms with Gasteiger partial charge < -0.3 is 0 Å². The van der Waals surface area contributed by atoms with Gasteiger partial charge in [-0.2, -0.15) is 0 Å². The Balaban J connectivity index is 1.71. The van der Waals surface area contributed by atoms with Crippen LogP contribution in [-0.2, 0) is 0 Å². The first-order valence-electron chi connectivity index (χ1n) is 8.13. The van der Waals surface area contributed by atoms with Gasteiger partial charge in [-0.1, -0.05) is 24.3 Å². The van der Waals surface area contributed by atoms with Gasteiger partial charge in [0.25, 0.3) is 0 Å². The molecule has 2 aliphatic heterocycles. The van der Waals surface area contributed by atoms with E-state index in [2.05, 4.69) is 36.2 Å². The van der Waals surface area contributed by atoms with Gasteiger partial charge in [-0.25, -0.2) is 0 Å². The number of likely N-dealkylation sites (N-methyl/N-ethyl adjacent to an activating group) is 1. The lowest BCUT2D eigenvalue weighted by molar-refractivity contribution is -0.0916. The molecule has 19 heavy (non-hydrogen) atoms. The van der Waals surface area contributed by atoms with Crippen molar-refractivity contribution in [2.45, 2.75) is 37.6 Å². The maximum atomic E-state index is 2.68. The fraction of sp³-hybridized carbons (Fsp3) is 0.667. The second kappa shape index (κ2) is 3.63. The zero-order valence-electron chi connectivity index (χ0n) is 11.8. The zero-order chi connectivity index (χ0) is 12.6. The van der Waals surface area contributed by atoms with Gasteiger partial charge in [0.05, 0.1) is 0 Å². The van der Waals surface area contributed by atoms with Crippen molar-refractivity contribution in [3.63, 3.8) is 0 Å². The van der Waals surface area contributed by atoms with Crippen molar-refractivity contribution in [1.29, 1.82) is 0 Å². The third-order valence-corrected chi connectivity index (χ3v) is 6.85. The highest BCUT2D eigenvalue weighted by Crippen LogP contribution is 2.64. The minimum Gasteiger partial charge on any atom is -0.298 e. The first-order chi connectivity index (χ1) is 9.34. The van der Waals surface area contributed by atoms with Crippen molar-refractivity contribution in [1.82, 2.24) is 4.90 Å². The van der Waals surface area contributed by atoms with Crippen LogP contribution >= 0.6 is 0 Å². The Kier molecular flexibility index (Phi) is 2.09. The third-order valence-electron chi connectivity index (χ3n) is 6.85. The minimum atomic E-state index is 0.735. The SMILES string of the molecule is CN1C[C@@H]2c3ccccc3[C@H]1[C@@H]1C3CCC(CC3)[C@@H]12. The average Bonchev–Trinajstić information content (AvgIpc) is 2.48. The van der Waals surface area contributed by atoms with Crippen LogP contribution in [0, 0.1) is 23.7 Å². The molecule has 1 aromatic carbocycles. The molecule has 4 fully saturated rings. The van der Waals surface area contributed by atoms with Crippen LogP contribution in [0.15, 0.2) is 24.3 Å². The molecule has 0 radical (unpaired) electrons. The summed E-state index contributed by atoms with van der Waals surface area (Å²) in [4.78, 5) is 2.68. The summed E-state index contributed by atoms with van der Waals surface area (Å²) in [5, 5.41) is 0. The summed E-state index contributed by atoms with van der Waals surface area (Å²) >= 11 is 0. The van der Waals surface area contributed by atoms with Crippen LogP contribution in [0.5, 0.6) is 0 Å². The number of hydrogen-bond donors (Lipinski definition) is 0. The van der Waals surface area contributed by atoms with Crippen molar-refractivity contribution in [3.8, 4) is 0 Å². The second-order valence-electron chi connectivity index (χ2n) is 7.45. The summed E-state index contributed by atoms with van der Waals surface area (Å²) in [6, 6.07) is 10.1. The van der Waals surface area contributed by atoms with Crippen LogP contribution in [0.25, 0.3) is 0 Å². The molecule has 0 N–H and O–H groups in total. The highest BCUT2D eigenvalue weighted by Gasteiger charge is 2.57.